The molecule has 0 fully saturated rings. The molecule has 1 aromatic carbocycles. The molecule has 218 valence electrons. The van der Waals surface area contributed by atoms with Gasteiger partial charge < -0.3 is 20.3 Å². The first-order chi connectivity index (χ1) is 19.1. The van der Waals surface area contributed by atoms with Crippen LogP contribution in [-0.4, -0.2) is 59.8 Å². The number of aliphatic carboxylic acids is 1. The lowest BCUT2D eigenvalue weighted by Gasteiger charge is -2.14. The summed E-state index contributed by atoms with van der Waals surface area (Å²) < 4.78 is 82.0. The summed E-state index contributed by atoms with van der Waals surface area (Å²) in [5.41, 5.74) is 6.90. The number of carboxylic acids is 1. The number of aryl methyl sites for hydroxylation is 1. The minimum Gasteiger partial charge on any atom is -0.494 e. The number of hydrogen-bond acceptors (Lipinski definition) is 9. The maximum Gasteiger partial charge on any atom is 0.573 e. The van der Waals surface area contributed by atoms with Crippen molar-refractivity contribution in [3.05, 3.63) is 59.3 Å². The van der Waals surface area contributed by atoms with Crippen molar-refractivity contribution in [1.82, 2.24) is 29.5 Å². The molecule has 0 aliphatic heterocycles. The highest BCUT2D eigenvalue weighted by atomic mass is 19.4. The largest absolute Gasteiger partial charge is 0.573 e. The molecule has 3 aromatic heterocycles. The summed E-state index contributed by atoms with van der Waals surface area (Å²) in [6.07, 6.45) is -5.21. The zero-order valence-corrected chi connectivity index (χ0v) is 20.9. The number of nitrogens with two attached hydrogens (primary N) is 1. The van der Waals surface area contributed by atoms with E-state index >= 15 is 0 Å². The maximum atomic E-state index is 12.8. The molecule has 0 aliphatic rings. The van der Waals surface area contributed by atoms with Crippen LogP contribution in [0.1, 0.15) is 6.92 Å². The molecule has 4 aromatic rings. The van der Waals surface area contributed by atoms with Gasteiger partial charge in [0.05, 0.1) is 30.4 Å². The number of carboxylic acid groups (broad SMARTS) is 1. The van der Waals surface area contributed by atoms with E-state index in [1.54, 1.807) is 31.0 Å². The molecule has 0 unspecified atom stereocenters. The number of nitrogens with zero attached hydrogens (tertiary/aromatic N) is 6. The van der Waals surface area contributed by atoms with Crippen LogP contribution in [0.3, 0.4) is 0 Å². The SMILES string of the molecule is CCOc1cc(OC(F)(F)F)cc(-n2nc(-c3nc(-c4cnn(C)c4)cnc3N)ccc2=O)c1.O=C(O)C(F)(F)F. The van der Waals surface area contributed by atoms with Gasteiger partial charge in [-0.25, -0.2) is 14.8 Å². The topological polar surface area (TPSA) is 160 Å². The minimum atomic E-state index is -5.08. The minimum absolute atomic E-state index is 0.00741. The lowest BCUT2D eigenvalue weighted by Crippen LogP contribution is -2.22. The number of anilines is 1. The van der Waals surface area contributed by atoms with Gasteiger partial charge in [0.15, 0.2) is 5.82 Å². The fourth-order valence-corrected chi connectivity index (χ4v) is 3.12. The summed E-state index contributed by atoms with van der Waals surface area (Å²) in [5, 5.41) is 15.5. The summed E-state index contributed by atoms with van der Waals surface area (Å²) in [4.78, 5) is 30.1. The number of halogens is 6. The van der Waals surface area contributed by atoms with Gasteiger partial charge in [-0.2, -0.15) is 28.1 Å². The van der Waals surface area contributed by atoms with Crippen molar-refractivity contribution in [1.29, 1.82) is 0 Å². The number of rotatable bonds is 6. The fraction of sp³-hybridized carbons (Fsp3) is 0.217. The second kappa shape index (κ2) is 11.9. The standard InChI is InChI=1S/C21H18F3N7O3.C2HF3O2/c1-3-33-14-6-13(7-15(8-14)34-21(22,23)24)31-18(32)5-4-16(29-31)19-20(25)26-10-17(28-19)12-9-27-30(2)11-12;3-2(4,5)1(6)7/h4-11H,3H2,1-2H3,(H2,25,26);(H,6,7). The Morgan fingerprint density at radius 3 is 2.27 bits per heavy atom. The van der Waals surface area contributed by atoms with Gasteiger partial charge >= 0.3 is 18.5 Å². The molecule has 41 heavy (non-hydrogen) atoms. The highest BCUT2D eigenvalue weighted by molar-refractivity contribution is 5.73. The summed E-state index contributed by atoms with van der Waals surface area (Å²) in [6.45, 7) is 1.85. The van der Waals surface area contributed by atoms with E-state index in [1.165, 1.54) is 24.4 Å². The van der Waals surface area contributed by atoms with E-state index in [9.17, 15) is 31.1 Å². The Balaban J connectivity index is 0.000000587. The van der Waals surface area contributed by atoms with E-state index < -0.39 is 29.8 Å². The van der Waals surface area contributed by atoms with Crippen LogP contribution in [0, 0.1) is 0 Å². The lowest BCUT2D eigenvalue weighted by molar-refractivity contribution is -0.274. The molecule has 18 heteroatoms. The van der Waals surface area contributed by atoms with Crippen molar-refractivity contribution >= 4 is 11.8 Å². The number of benzene rings is 1. The summed E-state index contributed by atoms with van der Waals surface area (Å²) in [5.74, 6) is -3.20. The van der Waals surface area contributed by atoms with Crippen LogP contribution in [0.25, 0.3) is 28.3 Å². The third-order valence-corrected chi connectivity index (χ3v) is 4.74. The van der Waals surface area contributed by atoms with Crippen LogP contribution < -0.4 is 20.8 Å². The predicted octanol–water partition coefficient (Wildman–Crippen LogP) is 3.60. The summed E-state index contributed by atoms with van der Waals surface area (Å²) in [6, 6.07) is 6.04. The molecule has 3 heterocycles. The van der Waals surface area contributed by atoms with Crippen molar-refractivity contribution in [2.75, 3.05) is 12.3 Å². The molecule has 0 aliphatic carbocycles. The van der Waals surface area contributed by atoms with Gasteiger partial charge in [-0.3, -0.25) is 9.48 Å². The number of hydrogen-bond donors (Lipinski definition) is 2. The fourth-order valence-electron chi connectivity index (χ4n) is 3.12. The van der Waals surface area contributed by atoms with Gasteiger partial charge in [0, 0.05) is 43.1 Å². The monoisotopic (exact) mass is 587 g/mol. The van der Waals surface area contributed by atoms with Gasteiger partial charge in [0.25, 0.3) is 5.56 Å². The highest BCUT2D eigenvalue weighted by Crippen LogP contribution is 2.30. The second-order valence-electron chi connectivity index (χ2n) is 7.81. The van der Waals surface area contributed by atoms with Crippen LogP contribution in [0.5, 0.6) is 11.5 Å². The Labute approximate surface area is 225 Å². The molecule has 3 N–H and O–H groups in total. The van der Waals surface area contributed by atoms with Crippen molar-refractivity contribution in [2.45, 2.75) is 19.5 Å². The van der Waals surface area contributed by atoms with E-state index in [4.69, 9.17) is 20.4 Å². The van der Waals surface area contributed by atoms with E-state index in [0.717, 1.165) is 16.8 Å². The Morgan fingerprint density at radius 1 is 1.05 bits per heavy atom. The average molecular weight is 587 g/mol. The Hall–Kier alpha value is -5.16. The molecule has 12 nitrogen and oxygen atoms in total. The molecular weight excluding hydrogens is 568 g/mol. The zero-order chi connectivity index (χ0) is 30.5. The van der Waals surface area contributed by atoms with Gasteiger partial charge in [0.2, 0.25) is 0 Å². The number of alkyl halides is 6. The highest BCUT2D eigenvalue weighted by Gasteiger charge is 2.38. The van der Waals surface area contributed by atoms with Crippen LogP contribution in [0.4, 0.5) is 32.2 Å². The third-order valence-electron chi connectivity index (χ3n) is 4.74. The molecule has 4 rings (SSSR count). The molecule has 0 spiro atoms. The first-order valence-electron chi connectivity index (χ1n) is 11.1. The second-order valence-corrected chi connectivity index (χ2v) is 7.81. The molecule has 0 amide bonds. The summed E-state index contributed by atoms with van der Waals surface area (Å²) >= 11 is 0. The lowest BCUT2D eigenvalue weighted by atomic mass is 10.2. The molecule has 0 atom stereocenters. The predicted molar refractivity (Wildman–Crippen MR) is 129 cm³/mol. The van der Waals surface area contributed by atoms with Crippen LogP contribution in [0.2, 0.25) is 0 Å². The summed E-state index contributed by atoms with van der Waals surface area (Å²) in [7, 11) is 1.75. The van der Waals surface area contributed by atoms with Gasteiger partial charge in [-0.05, 0) is 13.0 Å². The molecule has 0 saturated heterocycles. The third kappa shape index (κ3) is 8.16. The van der Waals surface area contributed by atoms with Crippen molar-refractivity contribution < 1.29 is 45.7 Å². The number of aromatic nitrogens is 6. The molecule has 0 bridgehead atoms. The van der Waals surface area contributed by atoms with Gasteiger partial charge in [-0.15, -0.1) is 13.2 Å². The zero-order valence-electron chi connectivity index (χ0n) is 20.9. The van der Waals surface area contributed by atoms with Crippen molar-refractivity contribution in [3.63, 3.8) is 0 Å². The van der Waals surface area contributed by atoms with E-state index in [1.807, 2.05) is 0 Å². The van der Waals surface area contributed by atoms with Crippen LogP contribution >= 0.6 is 0 Å². The van der Waals surface area contributed by atoms with Gasteiger partial charge in [-0.1, -0.05) is 0 Å². The smallest absolute Gasteiger partial charge is 0.494 e. The Kier molecular flexibility index (Phi) is 8.84. The average Bonchev–Trinajstić information content (AvgIpc) is 3.30. The van der Waals surface area contributed by atoms with Crippen LogP contribution in [-0.2, 0) is 11.8 Å². The first-order valence-corrected chi connectivity index (χ1v) is 11.1. The Bertz CT molecular complexity index is 1600. The molecule has 0 radical (unpaired) electrons. The number of nitrogen functional groups attached to an aromatic ring is 1. The Morgan fingerprint density at radius 2 is 1.71 bits per heavy atom. The van der Waals surface area contributed by atoms with Gasteiger partial charge in [0.1, 0.15) is 22.9 Å². The molecular formula is C23H19F6N7O5. The van der Waals surface area contributed by atoms with E-state index in [0.29, 0.717) is 11.3 Å². The normalized spacial score (nSPS) is 11.4. The number of ether oxygens (including phenoxy) is 2. The van der Waals surface area contributed by atoms with E-state index in [2.05, 4.69) is 24.9 Å². The quantitative estimate of drug-likeness (QED) is 0.319. The van der Waals surface area contributed by atoms with Crippen LogP contribution in [0.15, 0.2) is 53.7 Å². The maximum absolute atomic E-state index is 12.8. The van der Waals surface area contributed by atoms with E-state index in [-0.39, 0.29) is 35.2 Å². The van der Waals surface area contributed by atoms with Crippen molar-refractivity contribution in [2.24, 2.45) is 7.05 Å². The first kappa shape index (κ1) is 30.4. The number of carbonyl (C=O) groups is 1. The van der Waals surface area contributed by atoms with Crippen molar-refractivity contribution in [3.8, 4) is 39.8 Å². The molecule has 0 saturated carbocycles.